The molecule has 7 heteroatoms. The number of methoxy groups -OCH3 is 2. The standard InChI is InChI=1S/C17H17F2NO4/c1-8-12(16(21)23-3)14(10-6-5-7-11(18)15(10)19)13(9(2)20-8)17(22)24-4/h5-7,14,20H,1-4H3. The van der Waals surface area contributed by atoms with Gasteiger partial charge in [0, 0.05) is 17.0 Å². The molecule has 5 nitrogen and oxygen atoms in total. The summed E-state index contributed by atoms with van der Waals surface area (Å²) in [6, 6.07) is 3.59. The minimum absolute atomic E-state index is 0.0213. The SMILES string of the molecule is COC(=O)C1=C(C)NC(C)=C(C(=O)OC)C1c1cccc(F)c1F. The third-order valence-corrected chi connectivity index (χ3v) is 3.86. The molecular weight excluding hydrogens is 320 g/mol. The summed E-state index contributed by atoms with van der Waals surface area (Å²) in [6.45, 7) is 3.18. The van der Waals surface area contributed by atoms with Crippen LogP contribution in [0.3, 0.4) is 0 Å². The number of carbonyl (C=O) groups is 2. The van der Waals surface area contributed by atoms with Gasteiger partial charge in [0.15, 0.2) is 11.6 Å². The number of nitrogens with one attached hydrogen (secondary N) is 1. The monoisotopic (exact) mass is 337 g/mol. The zero-order valence-electron chi connectivity index (χ0n) is 13.7. The van der Waals surface area contributed by atoms with Crippen molar-refractivity contribution in [2.24, 2.45) is 0 Å². The van der Waals surface area contributed by atoms with E-state index in [4.69, 9.17) is 9.47 Å². The predicted octanol–water partition coefficient (Wildman–Crippen LogP) is 2.55. The van der Waals surface area contributed by atoms with E-state index in [0.29, 0.717) is 11.4 Å². The summed E-state index contributed by atoms with van der Waals surface area (Å²) in [5, 5.41) is 2.89. The van der Waals surface area contributed by atoms with Crippen LogP contribution in [0.25, 0.3) is 0 Å². The predicted molar refractivity (Wildman–Crippen MR) is 81.7 cm³/mol. The minimum atomic E-state index is -1.14. The van der Waals surface area contributed by atoms with E-state index >= 15 is 0 Å². The summed E-state index contributed by atoms with van der Waals surface area (Å²) < 4.78 is 37.6. The van der Waals surface area contributed by atoms with E-state index in [1.807, 2.05) is 0 Å². The molecule has 24 heavy (non-hydrogen) atoms. The molecule has 2 rings (SSSR count). The van der Waals surface area contributed by atoms with Gasteiger partial charge >= 0.3 is 11.9 Å². The van der Waals surface area contributed by atoms with Crippen LogP contribution in [0.2, 0.25) is 0 Å². The highest BCUT2D eigenvalue weighted by Crippen LogP contribution is 2.40. The Morgan fingerprint density at radius 1 is 1.00 bits per heavy atom. The summed E-state index contributed by atoms with van der Waals surface area (Å²) >= 11 is 0. The van der Waals surface area contributed by atoms with Crippen molar-refractivity contribution in [3.63, 3.8) is 0 Å². The van der Waals surface area contributed by atoms with Gasteiger partial charge in [0.1, 0.15) is 0 Å². The Morgan fingerprint density at radius 2 is 1.50 bits per heavy atom. The Balaban J connectivity index is 2.77. The molecule has 1 N–H and O–H groups in total. The van der Waals surface area contributed by atoms with Crippen LogP contribution in [0.1, 0.15) is 25.3 Å². The molecule has 0 saturated carbocycles. The van der Waals surface area contributed by atoms with Gasteiger partial charge in [-0.3, -0.25) is 0 Å². The molecule has 0 bridgehead atoms. The lowest BCUT2D eigenvalue weighted by Gasteiger charge is -2.30. The first-order chi connectivity index (χ1) is 11.3. The number of allylic oxidation sites excluding steroid dienone is 2. The van der Waals surface area contributed by atoms with E-state index in [9.17, 15) is 18.4 Å². The molecule has 1 aliphatic heterocycles. The van der Waals surface area contributed by atoms with Crippen LogP contribution in [0, 0.1) is 11.6 Å². The van der Waals surface area contributed by atoms with Gasteiger partial charge in [0.25, 0.3) is 0 Å². The molecule has 0 radical (unpaired) electrons. The molecule has 0 unspecified atom stereocenters. The highest BCUT2D eigenvalue weighted by Gasteiger charge is 2.39. The number of rotatable bonds is 3. The van der Waals surface area contributed by atoms with Gasteiger partial charge in [-0.05, 0) is 19.9 Å². The second-order valence-electron chi connectivity index (χ2n) is 5.26. The van der Waals surface area contributed by atoms with Crippen molar-refractivity contribution in [3.05, 3.63) is 57.9 Å². The van der Waals surface area contributed by atoms with Gasteiger partial charge in [0.2, 0.25) is 0 Å². The second kappa shape index (κ2) is 6.82. The lowest BCUT2D eigenvalue weighted by Crippen LogP contribution is -2.32. The second-order valence-corrected chi connectivity index (χ2v) is 5.26. The van der Waals surface area contributed by atoms with E-state index < -0.39 is 29.5 Å². The van der Waals surface area contributed by atoms with Crippen molar-refractivity contribution in [1.82, 2.24) is 5.32 Å². The van der Waals surface area contributed by atoms with Crippen molar-refractivity contribution >= 4 is 11.9 Å². The highest BCUT2D eigenvalue weighted by molar-refractivity contribution is 5.99. The van der Waals surface area contributed by atoms with E-state index in [1.165, 1.54) is 26.4 Å². The van der Waals surface area contributed by atoms with E-state index in [2.05, 4.69) is 5.32 Å². The maximum Gasteiger partial charge on any atom is 0.336 e. The average molecular weight is 337 g/mol. The van der Waals surface area contributed by atoms with E-state index in [0.717, 1.165) is 6.07 Å². The molecule has 0 fully saturated rings. The number of halogens is 2. The number of hydrogen-bond acceptors (Lipinski definition) is 5. The maximum absolute atomic E-state index is 14.4. The zero-order valence-corrected chi connectivity index (χ0v) is 13.7. The Morgan fingerprint density at radius 3 is 1.96 bits per heavy atom. The number of esters is 2. The molecule has 0 aliphatic carbocycles. The first-order valence-electron chi connectivity index (χ1n) is 7.12. The van der Waals surface area contributed by atoms with Crippen LogP contribution in [0.4, 0.5) is 8.78 Å². The molecule has 1 aromatic carbocycles. The largest absolute Gasteiger partial charge is 0.466 e. The average Bonchev–Trinajstić information content (AvgIpc) is 2.55. The van der Waals surface area contributed by atoms with Crippen LogP contribution in [0.15, 0.2) is 40.7 Å². The summed E-state index contributed by atoms with van der Waals surface area (Å²) in [7, 11) is 2.34. The molecule has 0 spiro atoms. The van der Waals surface area contributed by atoms with Crippen LogP contribution >= 0.6 is 0 Å². The summed E-state index contributed by atoms with van der Waals surface area (Å²) in [4.78, 5) is 24.4. The smallest absolute Gasteiger partial charge is 0.336 e. The van der Waals surface area contributed by atoms with E-state index in [1.54, 1.807) is 13.8 Å². The Bertz CT molecular complexity index is 730. The Kier molecular flexibility index (Phi) is 5.02. The number of carbonyl (C=O) groups excluding carboxylic acids is 2. The van der Waals surface area contributed by atoms with Crippen molar-refractivity contribution in [3.8, 4) is 0 Å². The van der Waals surface area contributed by atoms with Crippen LogP contribution < -0.4 is 5.32 Å². The first-order valence-corrected chi connectivity index (χ1v) is 7.12. The topological polar surface area (TPSA) is 64.6 Å². The van der Waals surface area contributed by atoms with Crippen molar-refractivity contribution in [2.75, 3.05) is 14.2 Å². The molecule has 1 heterocycles. The third kappa shape index (κ3) is 2.89. The highest BCUT2D eigenvalue weighted by atomic mass is 19.2. The fourth-order valence-electron chi connectivity index (χ4n) is 2.81. The van der Waals surface area contributed by atoms with Crippen LogP contribution in [-0.4, -0.2) is 26.2 Å². The number of benzene rings is 1. The normalized spacial score (nSPS) is 15.2. The first kappa shape index (κ1) is 17.7. The molecule has 0 saturated heterocycles. The van der Waals surface area contributed by atoms with Gasteiger partial charge in [0.05, 0.1) is 31.3 Å². The molecule has 128 valence electrons. The lowest BCUT2D eigenvalue weighted by atomic mass is 9.80. The number of dihydropyridines is 1. The fraction of sp³-hybridized carbons (Fsp3) is 0.294. The number of hydrogen-bond donors (Lipinski definition) is 1. The quantitative estimate of drug-likeness (QED) is 0.859. The maximum atomic E-state index is 14.4. The lowest BCUT2D eigenvalue weighted by molar-refractivity contribution is -0.137. The minimum Gasteiger partial charge on any atom is -0.466 e. The summed E-state index contributed by atoms with van der Waals surface area (Å²) in [6.07, 6.45) is 0. The molecule has 0 amide bonds. The number of ether oxygens (including phenoxy) is 2. The Labute approximate surface area is 137 Å². The summed E-state index contributed by atoms with van der Waals surface area (Å²) in [5.74, 6) is -4.84. The van der Waals surface area contributed by atoms with Crippen molar-refractivity contribution < 1.29 is 27.8 Å². The van der Waals surface area contributed by atoms with Crippen LogP contribution in [0.5, 0.6) is 0 Å². The molecule has 1 aromatic rings. The summed E-state index contributed by atoms with van der Waals surface area (Å²) in [5.41, 5.74) is 0.679. The third-order valence-electron chi connectivity index (χ3n) is 3.86. The molecule has 0 atom stereocenters. The molecule has 1 aliphatic rings. The fourth-order valence-corrected chi connectivity index (χ4v) is 2.81. The molecule has 0 aromatic heterocycles. The molecular formula is C17H17F2NO4. The van der Waals surface area contributed by atoms with Gasteiger partial charge in [-0.25, -0.2) is 18.4 Å². The van der Waals surface area contributed by atoms with Gasteiger partial charge in [-0.15, -0.1) is 0 Å². The van der Waals surface area contributed by atoms with E-state index in [-0.39, 0.29) is 16.7 Å². The van der Waals surface area contributed by atoms with Gasteiger partial charge in [-0.2, -0.15) is 0 Å². The van der Waals surface area contributed by atoms with Crippen molar-refractivity contribution in [2.45, 2.75) is 19.8 Å². The van der Waals surface area contributed by atoms with Gasteiger partial charge in [-0.1, -0.05) is 12.1 Å². The van der Waals surface area contributed by atoms with Gasteiger partial charge < -0.3 is 14.8 Å². The Hall–Kier alpha value is -2.70. The zero-order chi connectivity index (χ0) is 18.0. The van der Waals surface area contributed by atoms with Crippen molar-refractivity contribution in [1.29, 1.82) is 0 Å². The van der Waals surface area contributed by atoms with Crippen LogP contribution in [-0.2, 0) is 19.1 Å².